The van der Waals surface area contributed by atoms with Gasteiger partial charge in [-0.2, -0.15) is 0 Å². The summed E-state index contributed by atoms with van der Waals surface area (Å²) in [6, 6.07) is 26.1. The molecule has 1 nitrogen and oxygen atoms in total. The lowest BCUT2D eigenvalue weighted by atomic mass is 10.1. The fourth-order valence-corrected chi connectivity index (χ4v) is 3.97. The highest BCUT2D eigenvalue weighted by Crippen LogP contribution is 2.24. The summed E-state index contributed by atoms with van der Waals surface area (Å²) in [7, 11) is 2.24. The maximum atomic E-state index is 2.45. The van der Waals surface area contributed by atoms with Crippen LogP contribution in [0.1, 0.15) is 18.4 Å². The van der Waals surface area contributed by atoms with E-state index in [1.807, 2.05) is 11.8 Å². The van der Waals surface area contributed by atoms with Gasteiger partial charge in [0.25, 0.3) is 0 Å². The largest absolute Gasteiger partial charge is 0.306 e. The summed E-state index contributed by atoms with van der Waals surface area (Å²) in [4.78, 5) is 3.84. The van der Waals surface area contributed by atoms with E-state index in [4.69, 9.17) is 0 Å². The van der Waals surface area contributed by atoms with Crippen LogP contribution in [-0.4, -0.2) is 30.8 Å². The van der Waals surface area contributed by atoms with Gasteiger partial charge in [-0.05, 0) is 67.1 Å². The molecule has 0 bridgehead atoms. The molecule has 0 aromatic heterocycles. The van der Waals surface area contributed by atoms with Crippen molar-refractivity contribution in [1.82, 2.24) is 4.90 Å². The molecule has 0 N–H and O–H groups in total. The van der Waals surface area contributed by atoms with Gasteiger partial charge in [0.1, 0.15) is 0 Å². The Kier molecular flexibility index (Phi) is 6.96. The van der Waals surface area contributed by atoms with Crippen LogP contribution in [0, 0.1) is 0 Å². The molecule has 2 heteroatoms. The van der Waals surface area contributed by atoms with Crippen molar-refractivity contribution in [3.8, 4) is 0 Å². The minimum absolute atomic E-state index is 1.14. The number of hydrogen-bond donors (Lipinski definition) is 0. The van der Waals surface area contributed by atoms with Gasteiger partial charge >= 0.3 is 0 Å². The fourth-order valence-electron chi connectivity index (χ4n) is 3.01. The van der Waals surface area contributed by atoms with E-state index in [0.717, 1.165) is 13.0 Å². The predicted octanol–water partition coefficient (Wildman–Crippen LogP) is 5.89. The van der Waals surface area contributed by atoms with Gasteiger partial charge in [0.15, 0.2) is 0 Å². The molecule has 3 rings (SSSR count). The highest BCUT2D eigenvalue weighted by molar-refractivity contribution is 7.99. The van der Waals surface area contributed by atoms with E-state index >= 15 is 0 Å². The summed E-state index contributed by atoms with van der Waals surface area (Å²) < 4.78 is 0. The second kappa shape index (κ2) is 9.65. The average molecular weight is 350 g/mol. The second-order valence-electron chi connectivity index (χ2n) is 6.60. The zero-order valence-corrected chi connectivity index (χ0v) is 15.8. The van der Waals surface area contributed by atoms with E-state index in [1.165, 1.54) is 46.4 Å². The van der Waals surface area contributed by atoms with Crippen LogP contribution in [-0.2, 0) is 6.42 Å². The Morgan fingerprint density at radius 3 is 2.36 bits per heavy atom. The van der Waals surface area contributed by atoms with Gasteiger partial charge in [-0.3, -0.25) is 0 Å². The van der Waals surface area contributed by atoms with Crippen LogP contribution in [0.25, 0.3) is 10.8 Å². The Morgan fingerprint density at radius 1 is 0.760 bits per heavy atom. The van der Waals surface area contributed by atoms with Crippen LogP contribution in [0.3, 0.4) is 0 Å². The van der Waals surface area contributed by atoms with Crippen molar-refractivity contribution >= 4 is 22.5 Å². The molecule has 130 valence electrons. The maximum absolute atomic E-state index is 2.45. The molecule has 0 aliphatic heterocycles. The van der Waals surface area contributed by atoms with E-state index < -0.39 is 0 Å². The van der Waals surface area contributed by atoms with E-state index in [0.29, 0.717) is 0 Å². The van der Waals surface area contributed by atoms with E-state index in [1.54, 1.807) is 0 Å². The predicted molar refractivity (Wildman–Crippen MR) is 112 cm³/mol. The van der Waals surface area contributed by atoms with Crippen molar-refractivity contribution in [3.63, 3.8) is 0 Å². The summed E-state index contributed by atoms with van der Waals surface area (Å²) in [6.45, 7) is 2.33. The van der Waals surface area contributed by atoms with Gasteiger partial charge < -0.3 is 4.90 Å². The van der Waals surface area contributed by atoms with Crippen LogP contribution < -0.4 is 0 Å². The van der Waals surface area contributed by atoms with Gasteiger partial charge in [-0.15, -0.1) is 11.8 Å². The third-order valence-electron chi connectivity index (χ3n) is 4.55. The zero-order chi connectivity index (χ0) is 17.3. The number of unbranched alkanes of at least 4 members (excludes halogenated alkanes) is 1. The summed E-state index contributed by atoms with van der Waals surface area (Å²) in [5.74, 6) is 1.20. The highest BCUT2D eigenvalue weighted by atomic mass is 32.2. The van der Waals surface area contributed by atoms with Gasteiger partial charge in [-0.25, -0.2) is 0 Å². The van der Waals surface area contributed by atoms with Gasteiger partial charge in [0.2, 0.25) is 0 Å². The standard InChI is InChI=1S/C23H27NS/c1-24(17-15-20-9-3-2-4-10-20)16-7-8-18-25-23-14-13-21-11-5-6-12-22(21)19-23/h2-6,9-14,19H,7-8,15-18H2,1H3. The lowest BCUT2D eigenvalue weighted by molar-refractivity contribution is 0.332. The van der Waals surface area contributed by atoms with E-state index in [-0.39, 0.29) is 0 Å². The third-order valence-corrected chi connectivity index (χ3v) is 5.63. The van der Waals surface area contributed by atoms with Crippen molar-refractivity contribution < 1.29 is 0 Å². The molecule has 0 saturated carbocycles. The summed E-state index contributed by atoms with van der Waals surface area (Å²) >= 11 is 1.98. The molecule has 3 aromatic carbocycles. The molecular weight excluding hydrogens is 322 g/mol. The van der Waals surface area contributed by atoms with Crippen molar-refractivity contribution in [1.29, 1.82) is 0 Å². The first-order chi connectivity index (χ1) is 12.3. The Labute approximate surface area is 156 Å². The highest BCUT2D eigenvalue weighted by Gasteiger charge is 2.01. The summed E-state index contributed by atoms with van der Waals surface area (Å²) in [6.07, 6.45) is 3.68. The smallest absolute Gasteiger partial charge is 0.00783 e. The first-order valence-corrected chi connectivity index (χ1v) is 10.1. The summed E-state index contributed by atoms with van der Waals surface area (Å²) in [5.41, 5.74) is 1.43. The first-order valence-electron chi connectivity index (χ1n) is 9.15. The van der Waals surface area contributed by atoms with Crippen LogP contribution in [0.2, 0.25) is 0 Å². The quantitative estimate of drug-likeness (QED) is 0.350. The topological polar surface area (TPSA) is 3.24 Å². The Balaban J connectivity index is 1.32. The average Bonchev–Trinajstić information content (AvgIpc) is 2.67. The Bertz CT molecular complexity index is 769. The molecule has 0 heterocycles. The van der Waals surface area contributed by atoms with Crippen molar-refractivity contribution in [2.45, 2.75) is 24.2 Å². The first kappa shape index (κ1) is 18.0. The van der Waals surface area contributed by atoms with Crippen molar-refractivity contribution in [3.05, 3.63) is 78.4 Å². The molecule has 25 heavy (non-hydrogen) atoms. The third kappa shape index (κ3) is 5.91. The zero-order valence-electron chi connectivity index (χ0n) is 15.0. The Hall–Kier alpha value is -1.77. The summed E-state index contributed by atoms with van der Waals surface area (Å²) in [5, 5.41) is 2.67. The molecule has 0 amide bonds. The SMILES string of the molecule is CN(CCCCSc1ccc2ccccc2c1)CCc1ccccc1. The van der Waals surface area contributed by atoms with Crippen LogP contribution in [0.4, 0.5) is 0 Å². The molecular formula is C23H27NS. The van der Waals surface area contributed by atoms with Crippen LogP contribution >= 0.6 is 11.8 Å². The second-order valence-corrected chi connectivity index (χ2v) is 7.77. The van der Waals surface area contributed by atoms with Crippen LogP contribution in [0.15, 0.2) is 77.7 Å². The number of nitrogens with zero attached hydrogens (tertiary/aromatic N) is 1. The van der Waals surface area contributed by atoms with Crippen molar-refractivity contribution in [2.24, 2.45) is 0 Å². The number of hydrogen-bond acceptors (Lipinski definition) is 2. The molecule has 0 aliphatic rings. The minimum Gasteiger partial charge on any atom is -0.306 e. The van der Waals surface area contributed by atoms with Crippen LogP contribution in [0.5, 0.6) is 0 Å². The lowest BCUT2D eigenvalue weighted by Crippen LogP contribution is -2.22. The number of fused-ring (bicyclic) bond motifs is 1. The molecule has 0 radical (unpaired) electrons. The number of rotatable bonds is 9. The van der Waals surface area contributed by atoms with E-state index in [9.17, 15) is 0 Å². The molecule has 0 aliphatic carbocycles. The normalized spacial score (nSPS) is 11.3. The molecule has 0 fully saturated rings. The van der Waals surface area contributed by atoms with Gasteiger partial charge in [-0.1, -0.05) is 60.7 Å². The number of likely N-dealkylation sites (N-methyl/N-ethyl adjacent to an activating group) is 1. The molecule has 0 atom stereocenters. The van der Waals surface area contributed by atoms with Gasteiger partial charge in [0, 0.05) is 11.4 Å². The molecule has 0 spiro atoms. The number of benzene rings is 3. The maximum Gasteiger partial charge on any atom is 0.00783 e. The lowest BCUT2D eigenvalue weighted by Gasteiger charge is -2.16. The molecule has 0 unspecified atom stereocenters. The fraction of sp³-hybridized carbons (Fsp3) is 0.304. The van der Waals surface area contributed by atoms with Crippen molar-refractivity contribution in [2.75, 3.05) is 25.9 Å². The monoisotopic (exact) mass is 349 g/mol. The molecule has 3 aromatic rings. The number of thioether (sulfide) groups is 1. The molecule has 0 saturated heterocycles. The van der Waals surface area contributed by atoms with Gasteiger partial charge in [0.05, 0.1) is 0 Å². The Morgan fingerprint density at radius 2 is 1.52 bits per heavy atom. The minimum atomic E-state index is 1.14. The van der Waals surface area contributed by atoms with E-state index in [2.05, 4.69) is 84.7 Å².